The Hall–Kier alpha value is -1.49. The van der Waals surface area contributed by atoms with E-state index in [-0.39, 0.29) is 0 Å². The van der Waals surface area contributed by atoms with E-state index in [0.717, 1.165) is 21.4 Å². The lowest BCUT2D eigenvalue weighted by atomic mass is 10.2. The van der Waals surface area contributed by atoms with Gasteiger partial charge in [0.25, 0.3) is 0 Å². The van der Waals surface area contributed by atoms with Crippen molar-refractivity contribution in [3.63, 3.8) is 0 Å². The van der Waals surface area contributed by atoms with Crippen LogP contribution in [0.25, 0.3) is 0 Å². The highest BCUT2D eigenvalue weighted by Crippen LogP contribution is 2.23. The quantitative estimate of drug-likeness (QED) is 0.499. The van der Waals surface area contributed by atoms with Gasteiger partial charge in [0, 0.05) is 16.6 Å². The average Bonchev–Trinajstić information content (AvgIpc) is 2.34. The van der Waals surface area contributed by atoms with E-state index in [1.54, 1.807) is 7.11 Å². The molecule has 0 spiro atoms. The van der Waals surface area contributed by atoms with Crippen LogP contribution in [0.4, 0.5) is 0 Å². The zero-order valence-electron chi connectivity index (χ0n) is 10.7. The second-order valence-electron chi connectivity index (χ2n) is 3.97. The van der Waals surface area contributed by atoms with Crippen LogP contribution in [0.3, 0.4) is 0 Å². The monoisotopic (exact) mass is 311 g/mol. The van der Waals surface area contributed by atoms with Gasteiger partial charge in [0.05, 0.1) is 13.7 Å². The number of rotatable bonds is 5. The van der Waals surface area contributed by atoms with Gasteiger partial charge in [0.15, 0.2) is 5.96 Å². The predicted molar refractivity (Wildman–Crippen MR) is 78.8 cm³/mol. The molecule has 0 aliphatic carbocycles. The van der Waals surface area contributed by atoms with E-state index in [4.69, 9.17) is 10.5 Å². The molecular weight excluding hydrogens is 294 g/mol. The van der Waals surface area contributed by atoms with Gasteiger partial charge in [-0.15, -0.1) is 0 Å². The molecule has 4 nitrogen and oxygen atoms in total. The SMILES string of the molecule is C=C(C)CNC(N)=NCc1cc(Br)ccc1OC. The first-order valence-corrected chi connectivity index (χ1v) is 6.33. The first-order valence-electron chi connectivity index (χ1n) is 5.53. The van der Waals surface area contributed by atoms with Gasteiger partial charge in [-0.1, -0.05) is 28.1 Å². The molecule has 0 saturated carbocycles. The van der Waals surface area contributed by atoms with Crippen LogP contribution in [0.15, 0.2) is 39.8 Å². The van der Waals surface area contributed by atoms with Gasteiger partial charge in [-0.25, -0.2) is 4.99 Å². The van der Waals surface area contributed by atoms with Crippen molar-refractivity contribution in [2.45, 2.75) is 13.5 Å². The summed E-state index contributed by atoms with van der Waals surface area (Å²) in [4.78, 5) is 4.26. The lowest BCUT2D eigenvalue weighted by Gasteiger charge is -2.08. The molecule has 98 valence electrons. The molecule has 0 radical (unpaired) electrons. The zero-order chi connectivity index (χ0) is 13.5. The third kappa shape index (κ3) is 4.79. The predicted octanol–water partition coefficient (Wildman–Crippen LogP) is 2.44. The number of nitrogens with zero attached hydrogens (tertiary/aromatic N) is 1. The van der Waals surface area contributed by atoms with Crippen LogP contribution in [-0.4, -0.2) is 19.6 Å². The van der Waals surface area contributed by atoms with Crippen LogP contribution in [-0.2, 0) is 6.54 Å². The molecule has 0 aliphatic heterocycles. The Labute approximate surface area is 116 Å². The molecule has 0 aliphatic rings. The van der Waals surface area contributed by atoms with Crippen molar-refractivity contribution >= 4 is 21.9 Å². The minimum atomic E-state index is 0.403. The van der Waals surface area contributed by atoms with Gasteiger partial charge in [-0.05, 0) is 25.1 Å². The van der Waals surface area contributed by atoms with Crippen LogP contribution in [0, 0.1) is 0 Å². The standard InChI is InChI=1S/C13H18BrN3O/c1-9(2)7-16-13(15)17-8-10-6-11(14)4-5-12(10)18-3/h4-6H,1,7-8H2,2-3H3,(H3,15,16,17). The number of ether oxygens (including phenoxy) is 1. The smallest absolute Gasteiger partial charge is 0.189 e. The number of methoxy groups -OCH3 is 1. The fourth-order valence-corrected chi connectivity index (χ4v) is 1.75. The number of aliphatic imine (C=N–C) groups is 1. The molecule has 1 rings (SSSR count). The molecule has 0 fully saturated rings. The van der Waals surface area contributed by atoms with E-state index in [1.807, 2.05) is 25.1 Å². The number of hydrogen-bond acceptors (Lipinski definition) is 2. The molecule has 0 unspecified atom stereocenters. The Bertz CT molecular complexity index is 458. The number of guanidine groups is 1. The Balaban J connectivity index is 2.69. The molecule has 0 atom stereocenters. The lowest BCUT2D eigenvalue weighted by Crippen LogP contribution is -2.32. The van der Waals surface area contributed by atoms with Crippen molar-refractivity contribution in [3.8, 4) is 5.75 Å². The second kappa shape index (κ2) is 7.06. The minimum Gasteiger partial charge on any atom is -0.496 e. The van der Waals surface area contributed by atoms with Gasteiger partial charge in [-0.3, -0.25) is 0 Å². The normalized spacial score (nSPS) is 11.2. The van der Waals surface area contributed by atoms with E-state index in [1.165, 1.54) is 0 Å². The van der Waals surface area contributed by atoms with Gasteiger partial charge < -0.3 is 15.8 Å². The van der Waals surface area contributed by atoms with Gasteiger partial charge >= 0.3 is 0 Å². The summed E-state index contributed by atoms with van der Waals surface area (Å²) in [5, 5.41) is 2.98. The summed E-state index contributed by atoms with van der Waals surface area (Å²) in [6, 6.07) is 5.79. The maximum absolute atomic E-state index is 5.74. The number of halogens is 1. The Morgan fingerprint density at radius 2 is 2.28 bits per heavy atom. The van der Waals surface area contributed by atoms with Crippen LogP contribution < -0.4 is 15.8 Å². The Morgan fingerprint density at radius 1 is 1.56 bits per heavy atom. The van der Waals surface area contributed by atoms with E-state index in [9.17, 15) is 0 Å². The summed E-state index contributed by atoms with van der Waals surface area (Å²) in [6.07, 6.45) is 0. The average molecular weight is 312 g/mol. The number of nitrogens with two attached hydrogens (primary N) is 1. The summed E-state index contributed by atoms with van der Waals surface area (Å²) in [5.74, 6) is 1.20. The van der Waals surface area contributed by atoms with Crippen LogP contribution in [0.2, 0.25) is 0 Å². The molecule has 1 aromatic carbocycles. The molecule has 0 bridgehead atoms. The highest BCUT2D eigenvalue weighted by molar-refractivity contribution is 9.10. The van der Waals surface area contributed by atoms with E-state index in [2.05, 4.69) is 32.8 Å². The van der Waals surface area contributed by atoms with Crippen molar-refractivity contribution in [1.29, 1.82) is 0 Å². The number of benzene rings is 1. The second-order valence-corrected chi connectivity index (χ2v) is 4.88. The molecule has 0 amide bonds. The molecule has 0 saturated heterocycles. The molecule has 18 heavy (non-hydrogen) atoms. The van der Waals surface area contributed by atoms with Crippen molar-refractivity contribution in [1.82, 2.24) is 5.32 Å². The lowest BCUT2D eigenvalue weighted by molar-refractivity contribution is 0.410. The first kappa shape index (κ1) is 14.6. The third-order valence-electron chi connectivity index (χ3n) is 2.23. The van der Waals surface area contributed by atoms with E-state index >= 15 is 0 Å². The number of nitrogens with one attached hydrogen (secondary N) is 1. The van der Waals surface area contributed by atoms with Crippen molar-refractivity contribution in [2.75, 3.05) is 13.7 Å². The van der Waals surface area contributed by atoms with E-state index < -0.39 is 0 Å². The summed E-state index contributed by atoms with van der Waals surface area (Å²) in [5.41, 5.74) is 7.73. The zero-order valence-corrected chi connectivity index (χ0v) is 12.3. The first-order chi connectivity index (χ1) is 8.52. The van der Waals surface area contributed by atoms with Gasteiger partial charge in [0.1, 0.15) is 5.75 Å². The molecule has 5 heteroatoms. The van der Waals surface area contributed by atoms with Crippen LogP contribution in [0.1, 0.15) is 12.5 Å². The molecule has 1 aromatic rings. The topological polar surface area (TPSA) is 59.6 Å². The minimum absolute atomic E-state index is 0.403. The summed E-state index contributed by atoms with van der Waals surface area (Å²) in [7, 11) is 1.64. The summed E-state index contributed by atoms with van der Waals surface area (Å²) in [6.45, 7) is 6.81. The Morgan fingerprint density at radius 3 is 2.89 bits per heavy atom. The maximum atomic E-state index is 5.74. The molecule has 0 heterocycles. The van der Waals surface area contributed by atoms with Crippen LogP contribution in [0.5, 0.6) is 5.75 Å². The fraction of sp³-hybridized carbons (Fsp3) is 0.308. The van der Waals surface area contributed by atoms with Gasteiger partial charge in [0.2, 0.25) is 0 Å². The highest BCUT2D eigenvalue weighted by atomic mass is 79.9. The van der Waals surface area contributed by atoms with Gasteiger partial charge in [-0.2, -0.15) is 0 Å². The highest BCUT2D eigenvalue weighted by Gasteiger charge is 2.03. The van der Waals surface area contributed by atoms with Crippen molar-refractivity contribution in [3.05, 3.63) is 40.4 Å². The largest absolute Gasteiger partial charge is 0.496 e. The molecule has 0 aromatic heterocycles. The Kier molecular flexibility index (Phi) is 5.71. The number of hydrogen-bond donors (Lipinski definition) is 2. The maximum Gasteiger partial charge on any atom is 0.189 e. The van der Waals surface area contributed by atoms with Crippen LogP contribution >= 0.6 is 15.9 Å². The van der Waals surface area contributed by atoms with E-state index in [0.29, 0.717) is 19.0 Å². The molecule has 3 N–H and O–H groups in total. The molecular formula is C13H18BrN3O. The third-order valence-corrected chi connectivity index (χ3v) is 2.73. The van der Waals surface area contributed by atoms with Crippen molar-refractivity contribution < 1.29 is 4.74 Å². The summed E-state index contributed by atoms with van der Waals surface area (Å²) < 4.78 is 6.25. The van der Waals surface area contributed by atoms with Crippen molar-refractivity contribution in [2.24, 2.45) is 10.7 Å². The summed E-state index contributed by atoms with van der Waals surface area (Å²) >= 11 is 3.42. The fourth-order valence-electron chi connectivity index (χ4n) is 1.34.